The Labute approximate surface area is 105 Å². The number of nitrogens with one attached hydrogen (secondary N) is 1. The number of halogens is 1. The van der Waals surface area contributed by atoms with Crippen molar-refractivity contribution in [2.24, 2.45) is 5.92 Å². The number of rotatable bonds is 6. The van der Waals surface area contributed by atoms with Crippen molar-refractivity contribution in [1.29, 1.82) is 0 Å². The summed E-state index contributed by atoms with van der Waals surface area (Å²) < 4.78 is 5.18. The van der Waals surface area contributed by atoms with Gasteiger partial charge in [0, 0.05) is 26.2 Å². The fourth-order valence-corrected chi connectivity index (χ4v) is 2.48. The third kappa shape index (κ3) is 4.58. The number of hydrogen-bond donors (Lipinski definition) is 1. The van der Waals surface area contributed by atoms with E-state index >= 15 is 0 Å². The Bertz CT molecular complexity index is 182. The molecule has 0 aromatic rings. The van der Waals surface area contributed by atoms with Crippen LogP contribution in [-0.4, -0.2) is 50.8 Å². The molecule has 1 N–H and O–H groups in total. The van der Waals surface area contributed by atoms with Gasteiger partial charge in [0.2, 0.25) is 0 Å². The van der Waals surface area contributed by atoms with E-state index in [-0.39, 0.29) is 12.4 Å². The Hall–Kier alpha value is 0.170. The van der Waals surface area contributed by atoms with E-state index in [9.17, 15) is 0 Å². The van der Waals surface area contributed by atoms with Gasteiger partial charge in [-0.25, -0.2) is 0 Å². The predicted molar refractivity (Wildman–Crippen MR) is 69.3 cm³/mol. The van der Waals surface area contributed by atoms with Crippen molar-refractivity contribution in [3.05, 3.63) is 0 Å². The molecular formula is C12H25ClN2O. The van der Waals surface area contributed by atoms with E-state index in [1.54, 1.807) is 7.11 Å². The molecule has 1 unspecified atom stereocenters. The van der Waals surface area contributed by atoms with Gasteiger partial charge in [0.15, 0.2) is 0 Å². The first-order valence-electron chi connectivity index (χ1n) is 6.34. The first kappa shape index (κ1) is 14.2. The van der Waals surface area contributed by atoms with E-state index < -0.39 is 0 Å². The molecule has 2 aliphatic rings. The molecule has 1 aliphatic heterocycles. The van der Waals surface area contributed by atoms with Crippen LogP contribution in [0.2, 0.25) is 0 Å². The number of methoxy groups -OCH3 is 1. The third-order valence-corrected chi connectivity index (χ3v) is 3.54. The molecule has 1 saturated heterocycles. The SMILES string of the molecule is COCCN(CC1CCCNC1)C1CC1.Cl. The summed E-state index contributed by atoms with van der Waals surface area (Å²) in [6.07, 6.45) is 5.57. The fraction of sp³-hybridized carbons (Fsp3) is 1.00. The first-order valence-corrected chi connectivity index (χ1v) is 6.34. The fourth-order valence-electron chi connectivity index (χ4n) is 2.48. The summed E-state index contributed by atoms with van der Waals surface area (Å²) in [5.74, 6) is 0.871. The van der Waals surface area contributed by atoms with Gasteiger partial charge in [-0.05, 0) is 44.7 Å². The van der Waals surface area contributed by atoms with Crippen LogP contribution in [0.4, 0.5) is 0 Å². The number of piperidine rings is 1. The van der Waals surface area contributed by atoms with Crippen molar-refractivity contribution in [2.75, 3.05) is 39.9 Å². The monoisotopic (exact) mass is 248 g/mol. The maximum Gasteiger partial charge on any atom is 0.0589 e. The zero-order valence-corrected chi connectivity index (χ0v) is 11.1. The zero-order valence-electron chi connectivity index (χ0n) is 10.3. The number of nitrogens with zero attached hydrogens (tertiary/aromatic N) is 1. The van der Waals surface area contributed by atoms with Gasteiger partial charge in [0.1, 0.15) is 0 Å². The average molecular weight is 249 g/mol. The molecule has 16 heavy (non-hydrogen) atoms. The second-order valence-corrected chi connectivity index (χ2v) is 4.93. The number of hydrogen-bond acceptors (Lipinski definition) is 3. The Morgan fingerprint density at radius 2 is 2.12 bits per heavy atom. The maximum absolute atomic E-state index is 5.18. The zero-order chi connectivity index (χ0) is 10.5. The van der Waals surface area contributed by atoms with Crippen molar-refractivity contribution in [3.63, 3.8) is 0 Å². The lowest BCUT2D eigenvalue weighted by molar-refractivity contribution is 0.126. The van der Waals surface area contributed by atoms with Crippen LogP contribution >= 0.6 is 12.4 Å². The summed E-state index contributed by atoms with van der Waals surface area (Å²) in [4.78, 5) is 2.64. The van der Waals surface area contributed by atoms with Crippen LogP contribution in [0.15, 0.2) is 0 Å². The van der Waals surface area contributed by atoms with Crippen molar-refractivity contribution in [2.45, 2.75) is 31.7 Å². The minimum Gasteiger partial charge on any atom is -0.383 e. The molecule has 96 valence electrons. The molecule has 2 fully saturated rings. The number of ether oxygens (including phenoxy) is 1. The van der Waals surface area contributed by atoms with Crippen LogP contribution in [0.5, 0.6) is 0 Å². The van der Waals surface area contributed by atoms with Gasteiger partial charge in [-0.1, -0.05) is 0 Å². The first-order chi connectivity index (χ1) is 7.40. The summed E-state index contributed by atoms with van der Waals surface area (Å²) in [6, 6.07) is 0.877. The van der Waals surface area contributed by atoms with E-state index in [2.05, 4.69) is 10.2 Å². The van der Waals surface area contributed by atoms with E-state index in [1.807, 2.05) is 0 Å². The Morgan fingerprint density at radius 1 is 1.31 bits per heavy atom. The van der Waals surface area contributed by atoms with Crippen molar-refractivity contribution in [1.82, 2.24) is 10.2 Å². The average Bonchev–Trinajstić information content (AvgIpc) is 3.09. The van der Waals surface area contributed by atoms with Crippen LogP contribution < -0.4 is 5.32 Å². The van der Waals surface area contributed by atoms with Crippen LogP contribution in [0.25, 0.3) is 0 Å². The standard InChI is InChI=1S/C12H24N2O.ClH/c1-15-8-7-14(12-4-5-12)10-11-3-2-6-13-9-11;/h11-13H,2-10H2,1H3;1H. The van der Waals surface area contributed by atoms with Gasteiger partial charge in [-0.2, -0.15) is 0 Å². The van der Waals surface area contributed by atoms with Crippen LogP contribution in [0.3, 0.4) is 0 Å². The molecule has 4 heteroatoms. The van der Waals surface area contributed by atoms with E-state index in [0.717, 1.165) is 25.1 Å². The van der Waals surface area contributed by atoms with Gasteiger partial charge in [-0.15, -0.1) is 12.4 Å². The molecular weight excluding hydrogens is 224 g/mol. The van der Waals surface area contributed by atoms with Gasteiger partial charge < -0.3 is 10.1 Å². The molecule has 0 bridgehead atoms. The second kappa shape index (κ2) is 7.49. The van der Waals surface area contributed by atoms with Gasteiger partial charge >= 0.3 is 0 Å². The Balaban J connectivity index is 0.00000128. The summed E-state index contributed by atoms with van der Waals surface area (Å²) in [5.41, 5.74) is 0. The molecule has 0 spiro atoms. The van der Waals surface area contributed by atoms with Crippen LogP contribution in [0, 0.1) is 5.92 Å². The molecule has 0 aromatic carbocycles. The summed E-state index contributed by atoms with van der Waals surface area (Å²) >= 11 is 0. The highest BCUT2D eigenvalue weighted by atomic mass is 35.5. The van der Waals surface area contributed by atoms with Gasteiger partial charge in [-0.3, -0.25) is 4.90 Å². The lowest BCUT2D eigenvalue weighted by Crippen LogP contribution is -2.40. The van der Waals surface area contributed by atoms with Crippen LogP contribution in [-0.2, 0) is 4.74 Å². The van der Waals surface area contributed by atoms with E-state index in [0.29, 0.717) is 0 Å². The summed E-state index contributed by atoms with van der Waals surface area (Å²) in [6.45, 7) is 5.73. The summed E-state index contributed by atoms with van der Waals surface area (Å²) in [5, 5.41) is 3.50. The van der Waals surface area contributed by atoms with Gasteiger partial charge in [0.25, 0.3) is 0 Å². The Kier molecular flexibility index (Phi) is 6.66. The topological polar surface area (TPSA) is 24.5 Å². The molecule has 1 heterocycles. The summed E-state index contributed by atoms with van der Waals surface area (Å²) in [7, 11) is 1.80. The van der Waals surface area contributed by atoms with Gasteiger partial charge in [0.05, 0.1) is 6.61 Å². The second-order valence-electron chi connectivity index (χ2n) is 4.93. The predicted octanol–water partition coefficient (Wildman–Crippen LogP) is 1.52. The molecule has 1 atom stereocenters. The lowest BCUT2D eigenvalue weighted by Gasteiger charge is -2.30. The molecule has 1 aliphatic carbocycles. The molecule has 2 rings (SSSR count). The van der Waals surface area contributed by atoms with Crippen LogP contribution in [0.1, 0.15) is 25.7 Å². The van der Waals surface area contributed by atoms with Crippen molar-refractivity contribution in [3.8, 4) is 0 Å². The molecule has 1 saturated carbocycles. The minimum absolute atomic E-state index is 0. The quantitative estimate of drug-likeness (QED) is 0.772. The largest absolute Gasteiger partial charge is 0.383 e. The Morgan fingerprint density at radius 3 is 2.69 bits per heavy atom. The van der Waals surface area contributed by atoms with E-state index in [4.69, 9.17) is 4.74 Å². The van der Waals surface area contributed by atoms with E-state index in [1.165, 1.54) is 45.3 Å². The normalized spacial score (nSPS) is 25.5. The highest BCUT2D eigenvalue weighted by molar-refractivity contribution is 5.85. The maximum atomic E-state index is 5.18. The molecule has 0 amide bonds. The smallest absolute Gasteiger partial charge is 0.0589 e. The van der Waals surface area contributed by atoms with Crippen molar-refractivity contribution >= 4 is 12.4 Å². The molecule has 3 nitrogen and oxygen atoms in total. The van der Waals surface area contributed by atoms with Crippen molar-refractivity contribution < 1.29 is 4.74 Å². The minimum atomic E-state index is 0. The highest BCUT2D eigenvalue weighted by Crippen LogP contribution is 2.28. The molecule has 0 aromatic heterocycles. The molecule has 0 radical (unpaired) electrons. The lowest BCUT2D eigenvalue weighted by atomic mass is 9.99. The third-order valence-electron chi connectivity index (χ3n) is 3.54. The highest BCUT2D eigenvalue weighted by Gasteiger charge is 2.30.